The van der Waals surface area contributed by atoms with Crippen LogP contribution in [0.2, 0.25) is 0 Å². The molecule has 3 aromatic rings. The summed E-state index contributed by atoms with van der Waals surface area (Å²) in [6.07, 6.45) is 4.30. The molecule has 0 N–H and O–H groups in total. The van der Waals surface area contributed by atoms with Gasteiger partial charge in [0, 0.05) is 19.7 Å². The van der Waals surface area contributed by atoms with E-state index in [0.29, 0.717) is 31.4 Å². The van der Waals surface area contributed by atoms with E-state index in [4.69, 9.17) is 13.9 Å². The average Bonchev–Trinajstić information content (AvgIpc) is 3.34. The molecule has 0 spiro atoms. The summed E-state index contributed by atoms with van der Waals surface area (Å²) in [5.74, 6) is 0.870. The molecule has 7 heteroatoms. The van der Waals surface area contributed by atoms with Crippen molar-refractivity contribution in [1.82, 2.24) is 20.0 Å². The predicted molar refractivity (Wildman–Crippen MR) is 85.7 cm³/mol. The number of benzene rings is 1. The van der Waals surface area contributed by atoms with Gasteiger partial charge in [-0.15, -0.1) is 10.2 Å². The Hall–Kier alpha value is -2.51. The first-order valence-electron chi connectivity index (χ1n) is 7.80. The number of hydrogen-bond donors (Lipinski definition) is 0. The molecule has 1 aliphatic rings. The average molecular weight is 326 g/mol. The molecule has 1 aliphatic heterocycles. The van der Waals surface area contributed by atoms with Crippen LogP contribution in [-0.2, 0) is 15.1 Å². The van der Waals surface area contributed by atoms with Gasteiger partial charge in [0.1, 0.15) is 0 Å². The van der Waals surface area contributed by atoms with E-state index in [0.717, 1.165) is 16.8 Å². The molecular weight excluding hydrogens is 308 g/mol. The van der Waals surface area contributed by atoms with Crippen LogP contribution in [-0.4, -0.2) is 40.3 Å². The Morgan fingerprint density at radius 1 is 1.25 bits per heavy atom. The first-order chi connectivity index (χ1) is 11.7. The van der Waals surface area contributed by atoms with Crippen molar-refractivity contribution in [2.75, 3.05) is 20.3 Å². The van der Waals surface area contributed by atoms with Crippen LogP contribution in [0.5, 0.6) is 0 Å². The van der Waals surface area contributed by atoms with Crippen LogP contribution >= 0.6 is 0 Å². The Bertz CT molecular complexity index is 849. The molecule has 1 unspecified atom stereocenters. The van der Waals surface area contributed by atoms with Crippen LogP contribution in [0.3, 0.4) is 0 Å². The van der Waals surface area contributed by atoms with Crippen LogP contribution in [0.1, 0.15) is 17.9 Å². The lowest BCUT2D eigenvalue weighted by molar-refractivity contribution is -0.0407. The lowest BCUT2D eigenvalue weighted by atomic mass is 10.0. The highest BCUT2D eigenvalue weighted by Gasteiger charge is 2.42. The Morgan fingerprint density at radius 3 is 2.88 bits per heavy atom. The number of aromatic nitrogens is 4. The van der Waals surface area contributed by atoms with Gasteiger partial charge in [-0.05, 0) is 18.6 Å². The van der Waals surface area contributed by atoms with Crippen molar-refractivity contribution in [3.63, 3.8) is 0 Å². The van der Waals surface area contributed by atoms with Gasteiger partial charge in [-0.3, -0.25) is 0 Å². The molecule has 4 rings (SSSR count). The minimum atomic E-state index is -0.642. The minimum absolute atomic E-state index is 0.424. The lowest BCUT2D eigenvalue weighted by Crippen LogP contribution is -2.29. The summed E-state index contributed by atoms with van der Waals surface area (Å²) < 4.78 is 18.7. The highest BCUT2D eigenvalue weighted by molar-refractivity contribution is 5.51. The second-order valence-corrected chi connectivity index (χ2v) is 5.87. The van der Waals surface area contributed by atoms with Crippen molar-refractivity contribution in [3.8, 4) is 17.1 Å². The zero-order valence-corrected chi connectivity index (χ0v) is 13.6. The second kappa shape index (κ2) is 5.85. The molecule has 1 aromatic carbocycles. The van der Waals surface area contributed by atoms with E-state index in [1.54, 1.807) is 18.0 Å². The molecular formula is C17H18N4O3. The van der Waals surface area contributed by atoms with Gasteiger partial charge in [-0.1, -0.05) is 18.2 Å². The fourth-order valence-corrected chi connectivity index (χ4v) is 2.87. The number of hydrogen-bond acceptors (Lipinski definition) is 6. The van der Waals surface area contributed by atoms with Gasteiger partial charge in [0.25, 0.3) is 11.8 Å². The van der Waals surface area contributed by atoms with E-state index < -0.39 is 5.60 Å². The maximum absolute atomic E-state index is 5.85. The van der Waals surface area contributed by atoms with E-state index in [2.05, 4.69) is 15.3 Å². The molecule has 2 aromatic heterocycles. The highest BCUT2D eigenvalue weighted by Crippen LogP contribution is 2.34. The highest BCUT2D eigenvalue weighted by atomic mass is 16.6. The molecule has 7 nitrogen and oxygen atoms in total. The van der Waals surface area contributed by atoms with Crippen LogP contribution in [0.4, 0.5) is 0 Å². The summed E-state index contributed by atoms with van der Waals surface area (Å²) in [7, 11) is 1.63. The first kappa shape index (κ1) is 15.0. The Kier molecular flexibility index (Phi) is 3.66. The fraction of sp³-hybridized carbons (Fsp3) is 0.353. The van der Waals surface area contributed by atoms with Gasteiger partial charge in [0.05, 0.1) is 30.7 Å². The standard InChI is InChI=1S/C17H18N4O3/c1-12-5-3-4-6-14(12)21-10-13(9-18-21)15-19-20-16(24-15)17(22-2)7-8-23-11-17/h3-6,9-10H,7-8,11H2,1-2H3. The van der Waals surface area contributed by atoms with Gasteiger partial charge in [-0.25, -0.2) is 4.68 Å². The quantitative estimate of drug-likeness (QED) is 0.733. The van der Waals surface area contributed by atoms with Gasteiger partial charge in [-0.2, -0.15) is 5.10 Å². The van der Waals surface area contributed by atoms with E-state index >= 15 is 0 Å². The number of methoxy groups -OCH3 is 1. The van der Waals surface area contributed by atoms with Crippen LogP contribution in [0, 0.1) is 6.92 Å². The fourth-order valence-electron chi connectivity index (χ4n) is 2.87. The Morgan fingerprint density at radius 2 is 2.12 bits per heavy atom. The zero-order chi connectivity index (χ0) is 16.6. The van der Waals surface area contributed by atoms with Crippen LogP contribution < -0.4 is 0 Å². The number of rotatable bonds is 4. The topological polar surface area (TPSA) is 75.2 Å². The van der Waals surface area contributed by atoms with Crippen molar-refractivity contribution >= 4 is 0 Å². The lowest BCUT2D eigenvalue weighted by Gasteiger charge is -2.20. The number of nitrogens with zero attached hydrogens (tertiary/aromatic N) is 4. The molecule has 3 heterocycles. The normalized spacial score (nSPS) is 20.6. The second-order valence-electron chi connectivity index (χ2n) is 5.87. The van der Waals surface area contributed by atoms with Crippen molar-refractivity contribution in [1.29, 1.82) is 0 Å². The smallest absolute Gasteiger partial charge is 0.251 e. The maximum atomic E-state index is 5.85. The summed E-state index contributed by atoms with van der Waals surface area (Å²) in [4.78, 5) is 0. The first-order valence-corrected chi connectivity index (χ1v) is 7.80. The number of ether oxygens (including phenoxy) is 2. The summed E-state index contributed by atoms with van der Waals surface area (Å²) in [6.45, 7) is 3.09. The van der Waals surface area contributed by atoms with E-state index in [1.807, 2.05) is 37.4 Å². The molecule has 0 bridgehead atoms. The van der Waals surface area contributed by atoms with Gasteiger partial charge in [0.2, 0.25) is 0 Å². The van der Waals surface area contributed by atoms with E-state index in [9.17, 15) is 0 Å². The molecule has 0 amide bonds. The maximum Gasteiger partial charge on any atom is 0.251 e. The van der Waals surface area contributed by atoms with Crippen molar-refractivity contribution in [2.24, 2.45) is 0 Å². The predicted octanol–water partition coefficient (Wildman–Crippen LogP) is 2.49. The number of aryl methyl sites for hydroxylation is 1. The van der Waals surface area contributed by atoms with E-state index in [1.165, 1.54) is 0 Å². The van der Waals surface area contributed by atoms with Crippen LogP contribution in [0.25, 0.3) is 17.1 Å². The van der Waals surface area contributed by atoms with Gasteiger partial charge < -0.3 is 13.9 Å². The molecule has 1 saturated heterocycles. The largest absolute Gasteiger partial charge is 0.417 e. The van der Waals surface area contributed by atoms with Crippen molar-refractivity contribution in [3.05, 3.63) is 48.1 Å². The summed E-state index contributed by atoms with van der Waals surface area (Å²) in [5.41, 5.74) is 2.28. The van der Waals surface area contributed by atoms with Crippen LogP contribution in [0.15, 0.2) is 41.1 Å². The Balaban J connectivity index is 1.65. The third kappa shape index (κ3) is 2.42. The monoisotopic (exact) mass is 326 g/mol. The summed E-state index contributed by atoms with van der Waals surface area (Å²) >= 11 is 0. The molecule has 1 fully saturated rings. The zero-order valence-electron chi connectivity index (χ0n) is 13.6. The third-order valence-electron chi connectivity index (χ3n) is 4.38. The molecule has 24 heavy (non-hydrogen) atoms. The molecule has 0 radical (unpaired) electrons. The Labute approximate surface area is 139 Å². The molecule has 1 atom stereocenters. The van der Waals surface area contributed by atoms with Crippen molar-refractivity contribution in [2.45, 2.75) is 18.9 Å². The van der Waals surface area contributed by atoms with Gasteiger partial charge >= 0.3 is 0 Å². The summed E-state index contributed by atoms with van der Waals surface area (Å²) in [6, 6.07) is 8.05. The third-order valence-corrected chi connectivity index (χ3v) is 4.38. The molecule has 124 valence electrons. The summed E-state index contributed by atoms with van der Waals surface area (Å²) in [5, 5.41) is 12.7. The van der Waals surface area contributed by atoms with E-state index in [-0.39, 0.29) is 0 Å². The minimum Gasteiger partial charge on any atom is -0.417 e. The molecule has 0 saturated carbocycles. The molecule has 0 aliphatic carbocycles. The number of para-hydroxylation sites is 1. The van der Waals surface area contributed by atoms with Crippen molar-refractivity contribution < 1.29 is 13.9 Å². The van der Waals surface area contributed by atoms with Gasteiger partial charge in [0.15, 0.2) is 5.60 Å². The SMILES string of the molecule is COC1(c2nnc(-c3cnn(-c4ccccc4C)c3)o2)CCOC1.